The Morgan fingerprint density at radius 3 is 2.68 bits per heavy atom. The number of benzene rings is 2. The fourth-order valence-corrected chi connectivity index (χ4v) is 2.25. The molecule has 2 aromatic carbocycles. The molecule has 0 aliphatic heterocycles. The molecule has 2 nitrogen and oxygen atoms in total. The molecule has 2 aromatic rings. The van der Waals surface area contributed by atoms with E-state index in [9.17, 15) is 4.39 Å². The third-order valence-corrected chi connectivity index (χ3v) is 3.55. The Morgan fingerprint density at radius 1 is 1.26 bits per heavy atom. The van der Waals surface area contributed by atoms with Gasteiger partial charge in [-0.05, 0) is 25.1 Å². The lowest BCUT2D eigenvalue weighted by molar-refractivity contribution is 0.300. The summed E-state index contributed by atoms with van der Waals surface area (Å²) in [5.41, 5.74) is 7.74. The third-order valence-electron chi connectivity index (χ3n) is 2.81. The van der Waals surface area contributed by atoms with Gasteiger partial charge in [-0.15, -0.1) is 0 Å². The third kappa shape index (κ3) is 3.55. The zero-order valence-electron chi connectivity index (χ0n) is 10.6. The van der Waals surface area contributed by atoms with Crippen LogP contribution in [0.25, 0.3) is 0 Å². The molecule has 0 aliphatic rings. The van der Waals surface area contributed by atoms with Crippen LogP contribution in [0.3, 0.4) is 0 Å². The molecule has 0 heterocycles. The van der Waals surface area contributed by atoms with E-state index in [-0.39, 0.29) is 11.9 Å². The van der Waals surface area contributed by atoms with Crippen LogP contribution in [0.5, 0.6) is 5.75 Å². The van der Waals surface area contributed by atoms with E-state index < -0.39 is 0 Å². The number of para-hydroxylation sites is 1. The topological polar surface area (TPSA) is 35.2 Å². The summed E-state index contributed by atoms with van der Waals surface area (Å²) in [7, 11) is 0. The largest absolute Gasteiger partial charge is 0.489 e. The highest BCUT2D eigenvalue weighted by Gasteiger charge is 2.08. The fourth-order valence-electron chi connectivity index (χ4n) is 1.78. The lowest BCUT2D eigenvalue weighted by atomic mass is 10.1. The van der Waals surface area contributed by atoms with Crippen LogP contribution in [-0.4, -0.2) is 0 Å². The molecule has 1 unspecified atom stereocenters. The first-order chi connectivity index (χ1) is 9.08. The Labute approximate surface area is 120 Å². The highest BCUT2D eigenvalue weighted by molar-refractivity contribution is 9.10. The zero-order valence-corrected chi connectivity index (χ0v) is 12.2. The Hall–Kier alpha value is -1.39. The van der Waals surface area contributed by atoms with Crippen molar-refractivity contribution in [3.05, 3.63) is 63.9 Å². The summed E-state index contributed by atoms with van der Waals surface area (Å²) < 4.78 is 19.5. The number of halogens is 2. The van der Waals surface area contributed by atoms with E-state index in [4.69, 9.17) is 10.5 Å². The van der Waals surface area contributed by atoms with E-state index in [0.29, 0.717) is 11.1 Å². The van der Waals surface area contributed by atoms with E-state index >= 15 is 0 Å². The summed E-state index contributed by atoms with van der Waals surface area (Å²) in [6, 6.07) is 12.1. The van der Waals surface area contributed by atoms with E-state index in [0.717, 1.165) is 16.9 Å². The van der Waals surface area contributed by atoms with Gasteiger partial charge in [0.25, 0.3) is 0 Å². The number of rotatable bonds is 4. The van der Waals surface area contributed by atoms with Gasteiger partial charge in [-0.3, -0.25) is 0 Å². The van der Waals surface area contributed by atoms with Crippen molar-refractivity contribution < 1.29 is 9.13 Å². The lowest BCUT2D eigenvalue weighted by Gasteiger charge is -2.14. The van der Waals surface area contributed by atoms with Crippen LogP contribution < -0.4 is 10.5 Å². The van der Waals surface area contributed by atoms with Crippen molar-refractivity contribution in [2.45, 2.75) is 19.6 Å². The van der Waals surface area contributed by atoms with Crippen molar-refractivity contribution in [2.75, 3.05) is 0 Å². The van der Waals surface area contributed by atoms with Gasteiger partial charge in [0.15, 0.2) is 0 Å². The minimum Gasteiger partial charge on any atom is -0.489 e. The summed E-state index contributed by atoms with van der Waals surface area (Å²) in [6.07, 6.45) is 0. The molecule has 0 spiro atoms. The highest BCUT2D eigenvalue weighted by atomic mass is 79.9. The maximum Gasteiger partial charge on any atom is 0.124 e. The summed E-state index contributed by atoms with van der Waals surface area (Å²) in [6.45, 7) is 2.28. The molecular formula is C15H15BrFNO. The van der Waals surface area contributed by atoms with Crippen molar-refractivity contribution in [3.63, 3.8) is 0 Å². The van der Waals surface area contributed by atoms with Crippen molar-refractivity contribution in [3.8, 4) is 5.75 Å². The van der Waals surface area contributed by atoms with Gasteiger partial charge in [0, 0.05) is 21.6 Å². The fraction of sp³-hybridized carbons (Fsp3) is 0.200. The molecular weight excluding hydrogens is 309 g/mol. The van der Waals surface area contributed by atoms with Crippen molar-refractivity contribution in [1.82, 2.24) is 0 Å². The average Bonchev–Trinajstić information content (AvgIpc) is 2.38. The molecule has 0 amide bonds. The van der Waals surface area contributed by atoms with Gasteiger partial charge < -0.3 is 10.5 Å². The van der Waals surface area contributed by atoms with Crippen molar-refractivity contribution >= 4 is 15.9 Å². The van der Waals surface area contributed by atoms with Crippen LogP contribution in [0.2, 0.25) is 0 Å². The van der Waals surface area contributed by atoms with Gasteiger partial charge in [-0.2, -0.15) is 0 Å². The molecule has 0 fully saturated rings. The molecule has 2 N–H and O–H groups in total. The maximum absolute atomic E-state index is 13.0. The number of nitrogens with two attached hydrogens (primary N) is 1. The van der Waals surface area contributed by atoms with Gasteiger partial charge in [0.2, 0.25) is 0 Å². The lowest BCUT2D eigenvalue weighted by Crippen LogP contribution is -2.08. The Kier molecular flexibility index (Phi) is 4.56. The molecule has 2 rings (SSSR count). The van der Waals surface area contributed by atoms with E-state index in [1.54, 1.807) is 6.07 Å². The predicted molar refractivity (Wildman–Crippen MR) is 77.5 cm³/mol. The van der Waals surface area contributed by atoms with Crippen molar-refractivity contribution in [2.24, 2.45) is 5.73 Å². The summed E-state index contributed by atoms with van der Waals surface area (Å²) in [5.74, 6) is 0.486. The first-order valence-electron chi connectivity index (χ1n) is 5.99. The molecule has 1 atom stereocenters. The zero-order chi connectivity index (χ0) is 13.8. The number of hydrogen-bond donors (Lipinski definition) is 1. The standard InChI is InChI=1S/C15H15BrFNO/c1-10(18)13-4-2-3-5-15(13)19-9-11-6-7-12(17)8-14(11)16/h2-8,10H,9,18H2,1H3. The van der Waals surface area contributed by atoms with E-state index in [1.807, 2.05) is 31.2 Å². The van der Waals surface area contributed by atoms with Gasteiger partial charge in [-0.25, -0.2) is 4.39 Å². The maximum atomic E-state index is 13.0. The molecule has 0 aliphatic carbocycles. The van der Waals surface area contributed by atoms with Crippen LogP contribution in [0, 0.1) is 5.82 Å². The summed E-state index contributed by atoms with van der Waals surface area (Å²) in [5, 5.41) is 0. The molecule has 19 heavy (non-hydrogen) atoms. The van der Waals surface area contributed by atoms with Gasteiger partial charge in [-0.1, -0.05) is 40.2 Å². The second-order valence-electron chi connectivity index (χ2n) is 4.35. The summed E-state index contributed by atoms with van der Waals surface area (Å²) in [4.78, 5) is 0. The second-order valence-corrected chi connectivity index (χ2v) is 5.21. The minimum absolute atomic E-state index is 0.0899. The van der Waals surface area contributed by atoms with Crippen LogP contribution in [-0.2, 0) is 6.61 Å². The van der Waals surface area contributed by atoms with Gasteiger partial charge >= 0.3 is 0 Å². The molecule has 0 bridgehead atoms. The van der Waals surface area contributed by atoms with Crippen LogP contribution in [0.15, 0.2) is 46.9 Å². The first kappa shape index (κ1) is 14.0. The molecule has 0 aromatic heterocycles. The number of ether oxygens (including phenoxy) is 1. The summed E-state index contributed by atoms with van der Waals surface area (Å²) >= 11 is 3.32. The van der Waals surface area contributed by atoms with Crippen molar-refractivity contribution in [1.29, 1.82) is 0 Å². The van der Waals surface area contributed by atoms with E-state index in [1.165, 1.54) is 12.1 Å². The highest BCUT2D eigenvalue weighted by Crippen LogP contribution is 2.25. The minimum atomic E-state index is -0.272. The molecule has 0 saturated heterocycles. The normalized spacial score (nSPS) is 12.2. The molecule has 0 saturated carbocycles. The monoisotopic (exact) mass is 323 g/mol. The Morgan fingerprint density at radius 2 is 2.00 bits per heavy atom. The molecule has 0 radical (unpaired) electrons. The SMILES string of the molecule is CC(N)c1ccccc1OCc1ccc(F)cc1Br. The van der Waals surface area contributed by atoms with Gasteiger partial charge in [0.05, 0.1) is 0 Å². The van der Waals surface area contributed by atoms with Crippen LogP contribution in [0.1, 0.15) is 24.1 Å². The number of hydrogen-bond acceptors (Lipinski definition) is 2. The predicted octanol–water partition coefficient (Wildman–Crippen LogP) is 4.19. The van der Waals surface area contributed by atoms with Crippen LogP contribution >= 0.6 is 15.9 Å². The van der Waals surface area contributed by atoms with Crippen LogP contribution in [0.4, 0.5) is 4.39 Å². The quantitative estimate of drug-likeness (QED) is 0.915. The molecule has 100 valence electrons. The van der Waals surface area contributed by atoms with Gasteiger partial charge in [0.1, 0.15) is 18.2 Å². The Balaban J connectivity index is 2.14. The Bertz CT molecular complexity index is 572. The first-order valence-corrected chi connectivity index (χ1v) is 6.78. The van der Waals surface area contributed by atoms with E-state index in [2.05, 4.69) is 15.9 Å². The molecule has 4 heteroatoms. The smallest absolute Gasteiger partial charge is 0.124 e. The average molecular weight is 324 g/mol. The second kappa shape index (κ2) is 6.17.